The van der Waals surface area contributed by atoms with Gasteiger partial charge in [-0.25, -0.2) is 0 Å². The fourth-order valence-electron chi connectivity index (χ4n) is 0.709. The van der Waals surface area contributed by atoms with E-state index in [0.717, 1.165) is 18.5 Å². The van der Waals surface area contributed by atoms with Crippen LogP contribution in [0.1, 0.15) is 12.8 Å². The van der Waals surface area contributed by atoms with Crippen LogP contribution in [0.4, 0.5) is 0 Å². The van der Waals surface area contributed by atoms with Crippen molar-refractivity contribution >= 4 is 0 Å². The Morgan fingerprint density at radius 2 is 2.20 bits per heavy atom. The Labute approximate surface area is 63.3 Å². The van der Waals surface area contributed by atoms with Gasteiger partial charge in [-0.3, -0.25) is 0 Å². The van der Waals surface area contributed by atoms with E-state index in [1.54, 1.807) is 0 Å². The Morgan fingerprint density at radius 1 is 1.60 bits per heavy atom. The molecule has 0 unspecified atom stereocenters. The van der Waals surface area contributed by atoms with E-state index in [2.05, 4.69) is 18.9 Å². The molecule has 0 heterocycles. The topological polar surface area (TPSA) is 3.24 Å². The van der Waals surface area contributed by atoms with E-state index in [4.69, 9.17) is 0 Å². The van der Waals surface area contributed by atoms with Crippen LogP contribution in [0.3, 0.4) is 0 Å². The van der Waals surface area contributed by atoms with Gasteiger partial charge < -0.3 is 4.90 Å². The molecule has 0 radical (unpaired) electrons. The quantitative estimate of drug-likeness (QED) is 0.424. The lowest BCUT2D eigenvalue weighted by Gasteiger charge is -2.13. The predicted molar refractivity (Wildman–Crippen MR) is 45.8 cm³/mol. The monoisotopic (exact) mass is 137 g/mol. The molecule has 0 bridgehead atoms. The van der Waals surface area contributed by atoms with E-state index in [0.29, 0.717) is 0 Å². The summed E-state index contributed by atoms with van der Waals surface area (Å²) in [5.41, 5.74) is 4.02. The molecule has 0 aromatic rings. The highest BCUT2D eigenvalue weighted by Crippen LogP contribution is 2.05. The molecule has 0 aromatic heterocycles. The van der Waals surface area contributed by atoms with Crippen molar-refractivity contribution < 1.29 is 0 Å². The fraction of sp³-hybridized carbons (Fsp3) is 0.444. The minimum Gasteiger partial charge on any atom is -0.375 e. The lowest BCUT2D eigenvalue weighted by atomic mass is 10.2. The number of rotatable bonds is 4. The first-order chi connectivity index (χ1) is 4.72. The van der Waals surface area contributed by atoms with Gasteiger partial charge in [-0.05, 0) is 12.8 Å². The standard InChI is InChI=1S/C9H15N/c1-5-7-8-9(6-2)10(3)4/h5H,1-2,7-8H2,3-4H3. The van der Waals surface area contributed by atoms with Crippen molar-refractivity contribution in [2.75, 3.05) is 14.1 Å². The number of allylic oxidation sites excluding steroid dienone is 2. The van der Waals surface area contributed by atoms with Crippen LogP contribution in [0.15, 0.2) is 30.7 Å². The molecule has 0 fully saturated rings. The largest absolute Gasteiger partial charge is 0.375 e. The van der Waals surface area contributed by atoms with Gasteiger partial charge in [-0.2, -0.15) is 0 Å². The molecule has 1 heteroatoms. The highest BCUT2D eigenvalue weighted by Gasteiger charge is 1.94. The Balaban J connectivity index is 3.86. The van der Waals surface area contributed by atoms with Gasteiger partial charge in [-0.1, -0.05) is 12.7 Å². The van der Waals surface area contributed by atoms with Gasteiger partial charge in [0.25, 0.3) is 0 Å². The van der Waals surface area contributed by atoms with E-state index in [1.165, 1.54) is 0 Å². The summed E-state index contributed by atoms with van der Waals surface area (Å²) in [6, 6.07) is 0. The molecule has 0 saturated carbocycles. The lowest BCUT2D eigenvalue weighted by molar-refractivity contribution is 0.490. The summed E-state index contributed by atoms with van der Waals surface area (Å²) in [5, 5.41) is 0. The Bertz CT molecular complexity index is 150. The minimum atomic E-state index is 0.986. The Kier molecular flexibility index (Phi) is 4.43. The molecule has 1 nitrogen and oxygen atoms in total. The van der Waals surface area contributed by atoms with E-state index >= 15 is 0 Å². The first-order valence-electron chi connectivity index (χ1n) is 3.39. The van der Waals surface area contributed by atoms with Crippen LogP contribution in [-0.2, 0) is 0 Å². The van der Waals surface area contributed by atoms with Crippen molar-refractivity contribution in [2.24, 2.45) is 0 Å². The molecule has 56 valence electrons. The molecule has 0 spiro atoms. The average molecular weight is 137 g/mol. The molecule has 0 rings (SSSR count). The molecule has 10 heavy (non-hydrogen) atoms. The van der Waals surface area contributed by atoms with Gasteiger partial charge in [0.05, 0.1) is 5.70 Å². The van der Waals surface area contributed by atoms with Gasteiger partial charge >= 0.3 is 0 Å². The maximum Gasteiger partial charge on any atom is 0.0555 e. The van der Waals surface area contributed by atoms with Crippen molar-refractivity contribution in [1.29, 1.82) is 0 Å². The summed E-state index contributed by atoms with van der Waals surface area (Å²) < 4.78 is 0. The maximum absolute atomic E-state index is 3.65. The summed E-state index contributed by atoms with van der Waals surface area (Å²) in [5.74, 6) is 0. The summed E-state index contributed by atoms with van der Waals surface area (Å²) in [4.78, 5) is 2.02. The molecule has 0 aliphatic heterocycles. The zero-order chi connectivity index (χ0) is 7.98. The smallest absolute Gasteiger partial charge is 0.0555 e. The fourth-order valence-corrected chi connectivity index (χ4v) is 0.709. The molecule has 0 amide bonds. The second-order valence-electron chi connectivity index (χ2n) is 2.35. The van der Waals surface area contributed by atoms with Gasteiger partial charge in [-0.15, -0.1) is 12.3 Å². The molecule has 0 saturated heterocycles. The lowest BCUT2D eigenvalue weighted by Crippen LogP contribution is -2.09. The van der Waals surface area contributed by atoms with Gasteiger partial charge in [0, 0.05) is 14.1 Å². The molecule has 0 aliphatic carbocycles. The third kappa shape index (κ3) is 3.16. The second-order valence-corrected chi connectivity index (χ2v) is 2.35. The average Bonchev–Trinajstić information content (AvgIpc) is 1.89. The van der Waals surface area contributed by atoms with Crippen molar-refractivity contribution in [2.45, 2.75) is 12.8 Å². The van der Waals surface area contributed by atoms with E-state index in [1.807, 2.05) is 25.1 Å². The first-order valence-corrected chi connectivity index (χ1v) is 3.39. The summed E-state index contributed by atoms with van der Waals surface area (Å²) in [6.45, 7) is 7.24. The van der Waals surface area contributed by atoms with E-state index in [9.17, 15) is 0 Å². The minimum absolute atomic E-state index is 0.986. The van der Waals surface area contributed by atoms with Crippen LogP contribution in [0.5, 0.6) is 0 Å². The van der Waals surface area contributed by atoms with Crippen LogP contribution in [0.25, 0.3) is 0 Å². The normalized spacial score (nSPS) is 8.20. The summed E-state index contributed by atoms with van der Waals surface area (Å²) in [6.07, 6.45) is 3.89. The van der Waals surface area contributed by atoms with Crippen LogP contribution < -0.4 is 0 Å². The van der Waals surface area contributed by atoms with Crippen molar-refractivity contribution in [3.63, 3.8) is 0 Å². The summed E-state index contributed by atoms with van der Waals surface area (Å²) in [7, 11) is 3.99. The van der Waals surface area contributed by atoms with E-state index in [-0.39, 0.29) is 0 Å². The number of hydrogen-bond acceptors (Lipinski definition) is 1. The maximum atomic E-state index is 3.65. The zero-order valence-corrected chi connectivity index (χ0v) is 6.85. The van der Waals surface area contributed by atoms with Crippen molar-refractivity contribution in [1.82, 2.24) is 4.90 Å². The molecular formula is C9H15N. The Hall–Kier alpha value is -0.940. The van der Waals surface area contributed by atoms with Crippen LogP contribution in [0, 0.1) is 0 Å². The SMILES string of the molecule is C=C=C(CCC=C)N(C)C. The molecular weight excluding hydrogens is 122 g/mol. The van der Waals surface area contributed by atoms with Gasteiger partial charge in [0.1, 0.15) is 0 Å². The third-order valence-corrected chi connectivity index (χ3v) is 1.33. The van der Waals surface area contributed by atoms with Crippen molar-refractivity contribution in [3.05, 3.63) is 30.7 Å². The van der Waals surface area contributed by atoms with E-state index < -0.39 is 0 Å². The molecule has 0 aromatic carbocycles. The zero-order valence-electron chi connectivity index (χ0n) is 6.85. The van der Waals surface area contributed by atoms with Crippen molar-refractivity contribution in [3.8, 4) is 0 Å². The Morgan fingerprint density at radius 3 is 2.50 bits per heavy atom. The van der Waals surface area contributed by atoms with Gasteiger partial charge in [0.15, 0.2) is 0 Å². The highest BCUT2D eigenvalue weighted by molar-refractivity contribution is 4.97. The second kappa shape index (κ2) is 4.89. The van der Waals surface area contributed by atoms with Crippen LogP contribution in [0.2, 0.25) is 0 Å². The number of nitrogens with zero attached hydrogens (tertiary/aromatic N) is 1. The first kappa shape index (κ1) is 9.06. The number of hydrogen-bond donors (Lipinski definition) is 0. The predicted octanol–water partition coefficient (Wildman–Crippen LogP) is 2.18. The third-order valence-electron chi connectivity index (χ3n) is 1.33. The molecule has 0 atom stereocenters. The van der Waals surface area contributed by atoms with Crippen LogP contribution >= 0.6 is 0 Å². The van der Waals surface area contributed by atoms with Gasteiger partial charge in [0.2, 0.25) is 0 Å². The summed E-state index contributed by atoms with van der Waals surface area (Å²) >= 11 is 0. The van der Waals surface area contributed by atoms with Crippen LogP contribution in [-0.4, -0.2) is 19.0 Å². The molecule has 0 N–H and O–H groups in total. The highest BCUT2D eigenvalue weighted by atomic mass is 15.1. The molecule has 0 aliphatic rings.